The third-order valence-corrected chi connectivity index (χ3v) is 16.4. The number of carbonyl (C=O) groups excluding carboxylic acids is 1. The maximum atomic E-state index is 13.9. The number of hydrogen-bond acceptors (Lipinski definition) is 9. The van der Waals surface area contributed by atoms with Crippen molar-refractivity contribution in [3.05, 3.63) is 70.3 Å². The first-order chi connectivity index (χ1) is 26.5. The van der Waals surface area contributed by atoms with Crippen LogP contribution in [0, 0.1) is 17.8 Å². The van der Waals surface area contributed by atoms with E-state index in [0.717, 1.165) is 75.5 Å². The largest absolute Gasteiger partial charge is 0.490 e. The molecular weight excluding hydrogens is 736 g/mol. The quantitative estimate of drug-likeness (QED) is 0.363. The van der Waals surface area contributed by atoms with Crippen molar-refractivity contribution in [2.75, 3.05) is 71.0 Å². The Hall–Kier alpha value is -2.67. The number of nitrogens with zero attached hydrogens (tertiary/aromatic N) is 3. The van der Waals surface area contributed by atoms with Crippen molar-refractivity contribution >= 4 is 33.2 Å². The summed E-state index contributed by atoms with van der Waals surface area (Å²) in [6, 6.07) is 12.2. The molecule has 2 saturated heterocycles. The number of fused-ring (bicyclic) bond motifs is 5. The molecule has 0 radical (unpaired) electrons. The number of benzene rings is 2. The number of ether oxygens (including phenoxy) is 2. The Balaban J connectivity index is 1.20. The number of carbonyl (C=O) groups is 1. The maximum absolute atomic E-state index is 13.9. The molecule has 4 aliphatic heterocycles. The van der Waals surface area contributed by atoms with E-state index >= 15 is 0 Å². The van der Waals surface area contributed by atoms with Crippen LogP contribution in [0.5, 0.6) is 5.75 Å². The first-order valence-electron chi connectivity index (χ1n) is 20.7. The van der Waals surface area contributed by atoms with Crippen molar-refractivity contribution in [3.8, 4) is 5.75 Å². The Morgan fingerprint density at radius 1 is 1.05 bits per heavy atom. The molecule has 2 N–H and O–H groups in total. The molecule has 8 rings (SSSR count). The van der Waals surface area contributed by atoms with Gasteiger partial charge in [0, 0.05) is 75.0 Å². The Kier molecular flexibility index (Phi) is 11.3. The summed E-state index contributed by atoms with van der Waals surface area (Å²) in [6.07, 6.45) is 13.8. The lowest BCUT2D eigenvalue weighted by molar-refractivity contribution is -0.100. The van der Waals surface area contributed by atoms with E-state index in [0.29, 0.717) is 37.3 Å². The van der Waals surface area contributed by atoms with Crippen LogP contribution in [0.25, 0.3) is 0 Å². The van der Waals surface area contributed by atoms with Crippen LogP contribution >= 0.6 is 11.6 Å². The molecule has 10 nitrogen and oxygen atoms in total. The number of allylic oxidation sites excluding steroid dienone is 1. The summed E-state index contributed by atoms with van der Waals surface area (Å²) in [7, 11) is -2.28. The fourth-order valence-electron chi connectivity index (χ4n) is 11.0. The lowest BCUT2D eigenvalue weighted by Gasteiger charge is -2.53. The van der Waals surface area contributed by atoms with E-state index in [1.807, 2.05) is 32.2 Å². The molecule has 1 saturated carbocycles. The molecule has 0 aromatic heterocycles. The minimum Gasteiger partial charge on any atom is -0.490 e. The van der Waals surface area contributed by atoms with Gasteiger partial charge in [0.25, 0.3) is 5.91 Å². The van der Waals surface area contributed by atoms with Crippen LogP contribution in [0.15, 0.2) is 48.6 Å². The van der Waals surface area contributed by atoms with Gasteiger partial charge in [-0.3, -0.25) is 14.6 Å². The summed E-state index contributed by atoms with van der Waals surface area (Å²) in [6.45, 7) is 8.66. The molecule has 7 atom stereocenters. The Morgan fingerprint density at radius 3 is 2.73 bits per heavy atom. The normalized spacial score (nSPS) is 34.6. The highest BCUT2D eigenvalue weighted by molar-refractivity contribution is 7.90. The van der Waals surface area contributed by atoms with Gasteiger partial charge >= 0.3 is 0 Å². The monoisotopic (exact) mass is 794 g/mol. The third-order valence-electron chi connectivity index (χ3n) is 14.2. The van der Waals surface area contributed by atoms with E-state index in [1.54, 1.807) is 6.07 Å². The molecule has 12 heteroatoms. The zero-order valence-corrected chi connectivity index (χ0v) is 34.1. The van der Waals surface area contributed by atoms with Crippen LogP contribution in [-0.2, 0) is 26.6 Å². The van der Waals surface area contributed by atoms with Crippen LogP contribution < -0.4 is 14.4 Å². The lowest BCUT2D eigenvalue weighted by atomic mass is 9.63. The molecule has 1 amide bonds. The number of nitrogens with one attached hydrogen (secondary N) is 1. The molecule has 2 aromatic rings. The third kappa shape index (κ3) is 7.70. The minimum absolute atomic E-state index is 0.0317. The molecule has 4 heterocycles. The van der Waals surface area contributed by atoms with Crippen molar-refractivity contribution in [1.29, 1.82) is 0 Å². The number of rotatable bonds is 5. The lowest BCUT2D eigenvalue weighted by Crippen LogP contribution is -2.61. The molecule has 6 aliphatic rings. The summed E-state index contributed by atoms with van der Waals surface area (Å²) in [5.41, 5.74) is 2.78. The SMILES string of the molecule is CO[C@]1(CN2CCN3CCCC[C@@H]3C2)/C=C/C[C@H](C)[C@@H](CCO)S(=O)(=O)NC(=O)c2ccc3c(c2)N(C[C@@H]2CC[C@H]21)C[C@@]1(CCCc2cc(Cl)ccc21)CO3. The molecule has 300 valence electrons. The molecule has 3 fully saturated rings. The molecule has 1 spiro atoms. The standard InChI is InChI=1S/C43H59ClN4O6S/c1-30-7-5-18-43(53-2,28-46-20-21-47-19-4-3-9-35(47)26-46)37-13-10-33(37)25-48-27-42(17-6-8-31-23-34(44)12-14-36(31)42)29-54-39-15-11-32(24-38(39)48)41(50)45-55(51,52)40(30)16-22-49/h5,11-12,14-15,18,23-24,30,33,35,37,40,49H,3-4,6-10,13,16-17,19-22,25-29H2,1-2H3,(H,45,50)/b18-5+/t30-,33-,35+,37+,40+,42-,43-/m0/s1. The number of amides is 1. The van der Waals surface area contributed by atoms with Crippen LogP contribution in [0.2, 0.25) is 5.02 Å². The average Bonchev–Trinajstić information content (AvgIpc) is 3.31. The van der Waals surface area contributed by atoms with Crippen molar-refractivity contribution in [2.45, 2.75) is 93.4 Å². The first-order valence-corrected chi connectivity index (χ1v) is 22.6. The van der Waals surface area contributed by atoms with E-state index in [1.165, 1.54) is 36.9 Å². The van der Waals surface area contributed by atoms with Crippen LogP contribution in [-0.4, -0.2) is 112 Å². The summed E-state index contributed by atoms with van der Waals surface area (Å²) >= 11 is 6.52. The van der Waals surface area contributed by atoms with Crippen molar-refractivity contribution in [3.63, 3.8) is 0 Å². The van der Waals surface area contributed by atoms with E-state index < -0.39 is 26.8 Å². The van der Waals surface area contributed by atoms with Gasteiger partial charge in [0.1, 0.15) is 11.4 Å². The number of aryl methyl sites for hydroxylation is 1. The molecule has 2 aliphatic carbocycles. The molecule has 2 bridgehead atoms. The number of methoxy groups -OCH3 is 1. The summed E-state index contributed by atoms with van der Waals surface area (Å²) in [4.78, 5) is 21.5. The predicted molar refractivity (Wildman–Crippen MR) is 217 cm³/mol. The number of halogens is 1. The maximum Gasteiger partial charge on any atom is 0.264 e. The van der Waals surface area contributed by atoms with Gasteiger partial charge in [0.05, 0.1) is 17.5 Å². The summed E-state index contributed by atoms with van der Waals surface area (Å²) in [5.74, 6) is 0.243. The number of aliphatic hydroxyl groups is 1. The van der Waals surface area contributed by atoms with Crippen molar-refractivity contribution in [1.82, 2.24) is 14.5 Å². The van der Waals surface area contributed by atoms with Crippen LogP contribution in [0.1, 0.15) is 86.2 Å². The molecule has 55 heavy (non-hydrogen) atoms. The van der Waals surface area contributed by atoms with Crippen molar-refractivity contribution in [2.24, 2.45) is 17.8 Å². The number of piperazine rings is 1. The highest BCUT2D eigenvalue weighted by Gasteiger charge is 2.50. The summed E-state index contributed by atoms with van der Waals surface area (Å²) in [5, 5.41) is 9.78. The number of aliphatic hydroxyl groups excluding tert-OH is 1. The van der Waals surface area contributed by atoms with Crippen LogP contribution in [0.3, 0.4) is 0 Å². The number of piperidine rings is 1. The van der Waals surface area contributed by atoms with E-state index in [2.05, 4.69) is 43.7 Å². The smallest absolute Gasteiger partial charge is 0.264 e. The zero-order valence-electron chi connectivity index (χ0n) is 32.6. The Morgan fingerprint density at radius 2 is 1.93 bits per heavy atom. The average molecular weight is 795 g/mol. The van der Waals surface area contributed by atoms with Crippen LogP contribution in [0.4, 0.5) is 5.69 Å². The van der Waals surface area contributed by atoms with Gasteiger partial charge in [-0.1, -0.05) is 43.2 Å². The Labute approximate surface area is 332 Å². The van der Waals surface area contributed by atoms with Gasteiger partial charge < -0.3 is 19.5 Å². The fourth-order valence-corrected chi connectivity index (χ4v) is 12.9. The minimum atomic E-state index is -4.13. The van der Waals surface area contributed by atoms with E-state index in [9.17, 15) is 18.3 Å². The van der Waals surface area contributed by atoms with Crippen molar-refractivity contribution < 1.29 is 27.8 Å². The van der Waals surface area contributed by atoms with E-state index in [4.69, 9.17) is 21.1 Å². The Bertz CT molecular complexity index is 1880. The van der Waals surface area contributed by atoms with Gasteiger partial charge in [-0.25, -0.2) is 13.1 Å². The number of sulfonamides is 1. The van der Waals surface area contributed by atoms with Gasteiger partial charge in [-0.05, 0) is 124 Å². The molecular formula is C43H59ClN4O6S. The zero-order chi connectivity index (χ0) is 38.4. The topological polar surface area (TPSA) is 112 Å². The second-order valence-corrected chi connectivity index (χ2v) is 19.8. The van der Waals surface area contributed by atoms with E-state index in [-0.39, 0.29) is 35.8 Å². The molecule has 0 unspecified atom stereocenters. The number of anilines is 1. The van der Waals surface area contributed by atoms with Gasteiger partial charge in [0.2, 0.25) is 10.0 Å². The fraction of sp³-hybridized carbons (Fsp3) is 0.651. The highest BCUT2D eigenvalue weighted by Crippen LogP contribution is 2.49. The summed E-state index contributed by atoms with van der Waals surface area (Å²) < 4.78 is 43.7. The predicted octanol–water partition coefficient (Wildman–Crippen LogP) is 5.80. The number of hydrogen-bond donors (Lipinski definition) is 2. The second kappa shape index (κ2) is 15.9. The highest BCUT2D eigenvalue weighted by atomic mass is 35.5. The van der Waals surface area contributed by atoms with Gasteiger partial charge in [-0.15, -0.1) is 0 Å². The van der Waals surface area contributed by atoms with Gasteiger partial charge in [-0.2, -0.15) is 0 Å². The second-order valence-electron chi connectivity index (χ2n) is 17.5. The van der Waals surface area contributed by atoms with Gasteiger partial charge in [0.15, 0.2) is 0 Å². The first kappa shape index (κ1) is 39.2. The molecule has 2 aromatic carbocycles.